The van der Waals surface area contributed by atoms with Crippen molar-refractivity contribution in [2.24, 2.45) is 0 Å². The van der Waals surface area contributed by atoms with Crippen LogP contribution in [0.25, 0.3) is 0 Å². The van der Waals surface area contributed by atoms with E-state index in [-0.39, 0.29) is 11.4 Å². The Bertz CT molecular complexity index is 167. The van der Waals surface area contributed by atoms with E-state index in [2.05, 4.69) is 26.1 Å². The van der Waals surface area contributed by atoms with Gasteiger partial charge >= 0.3 is 0 Å². The Morgan fingerprint density at radius 1 is 1.36 bits per heavy atom. The number of ether oxygens (including phenoxy) is 1. The molecule has 0 aromatic heterocycles. The summed E-state index contributed by atoms with van der Waals surface area (Å²) >= 11 is 0. The number of rotatable bonds is 8. The van der Waals surface area contributed by atoms with E-state index in [1.54, 1.807) is 0 Å². The van der Waals surface area contributed by atoms with Crippen LogP contribution in [0.5, 0.6) is 0 Å². The Morgan fingerprint density at radius 3 is 2.50 bits per heavy atom. The predicted molar refractivity (Wildman–Crippen MR) is 58.2 cm³/mol. The van der Waals surface area contributed by atoms with Crippen molar-refractivity contribution in [3.8, 4) is 0 Å². The van der Waals surface area contributed by atoms with E-state index < -0.39 is 0 Å². The normalized spacial score (nSPS) is 11.7. The number of hydrogen-bond acceptors (Lipinski definition) is 3. The number of ketones is 1. The monoisotopic (exact) mass is 201 g/mol. The summed E-state index contributed by atoms with van der Waals surface area (Å²) in [5.74, 6) is 0.224. The third-order valence-corrected chi connectivity index (χ3v) is 2.13. The minimum absolute atomic E-state index is 0.0863. The SMILES string of the molecule is CCCC(C)(C)OCNCC(=O)CC. The molecule has 0 rings (SSSR count). The molecule has 0 aromatic rings. The van der Waals surface area contributed by atoms with Crippen LogP contribution < -0.4 is 5.32 Å². The molecule has 0 heterocycles. The molecule has 0 aliphatic rings. The Morgan fingerprint density at radius 2 is 2.00 bits per heavy atom. The van der Waals surface area contributed by atoms with E-state index in [1.807, 2.05) is 6.92 Å². The van der Waals surface area contributed by atoms with Gasteiger partial charge in [-0.15, -0.1) is 0 Å². The molecule has 0 bridgehead atoms. The van der Waals surface area contributed by atoms with Crippen LogP contribution in [0.4, 0.5) is 0 Å². The van der Waals surface area contributed by atoms with Crippen molar-refractivity contribution in [2.45, 2.75) is 52.6 Å². The topological polar surface area (TPSA) is 38.3 Å². The Kier molecular flexibility index (Phi) is 6.75. The Labute approximate surface area is 87.2 Å². The first-order valence-corrected chi connectivity index (χ1v) is 5.38. The summed E-state index contributed by atoms with van der Waals surface area (Å²) in [5.41, 5.74) is -0.0863. The Balaban J connectivity index is 3.48. The number of Topliss-reactive ketones (excluding diaryl/α,β-unsaturated/α-hetero) is 1. The second kappa shape index (κ2) is 6.96. The summed E-state index contributed by atoms with van der Waals surface area (Å²) in [4.78, 5) is 10.9. The maximum Gasteiger partial charge on any atom is 0.146 e. The van der Waals surface area contributed by atoms with E-state index >= 15 is 0 Å². The van der Waals surface area contributed by atoms with Crippen molar-refractivity contribution in [3.05, 3.63) is 0 Å². The lowest BCUT2D eigenvalue weighted by atomic mass is 10.0. The van der Waals surface area contributed by atoms with Crippen LogP contribution in [-0.4, -0.2) is 24.7 Å². The zero-order valence-corrected chi connectivity index (χ0v) is 9.85. The van der Waals surface area contributed by atoms with Crippen LogP contribution in [0.15, 0.2) is 0 Å². The van der Waals surface area contributed by atoms with Crippen molar-refractivity contribution in [1.29, 1.82) is 0 Å². The van der Waals surface area contributed by atoms with Gasteiger partial charge in [0.15, 0.2) is 0 Å². The van der Waals surface area contributed by atoms with Gasteiger partial charge in [0.05, 0.1) is 18.9 Å². The van der Waals surface area contributed by atoms with E-state index in [0.29, 0.717) is 19.7 Å². The van der Waals surface area contributed by atoms with Crippen molar-refractivity contribution >= 4 is 5.78 Å². The van der Waals surface area contributed by atoms with Crippen LogP contribution in [0.2, 0.25) is 0 Å². The van der Waals surface area contributed by atoms with Crippen molar-refractivity contribution in [1.82, 2.24) is 5.32 Å². The van der Waals surface area contributed by atoms with Crippen LogP contribution in [0.3, 0.4) is 0 Å². The standard InChI is InChI=1S/C11H23NO2/c1-5-7-11(3,4)14-9-12-8-10(13)6-2/h12H,5-9H2,1-4H3. The smallest absolute Gasteiger partial charge is 0.146 e. The highest BCUT2D eigenvalue weighted by Gasteiger charge is 2.16. The van der Waals surface area contributed by atoms with Crippen LogP contribution in [-0.2, 0) is 9.53 Å². The molecule has 0 spiro atoms. The maximum absolute atomic E-state index is 10.9. The third-order valence-electron chi connectivity index (χ3n) is 2.13. The molecule has 0 aliphatic carbocycles. The second-order valence-electron chi connectivity index (χ2n) is 4.12. The molecule has 0 aliphatic heterocycles. The van der Waals surface area contributed by atoms with Gasteiger partial charge in [-0.05, 0) is 20.3 Å². The summed E-state index contributed by atoms with van der Waals surface area (Å²) < 4.78 is 5.60. The van der Waals surface area contributed by atoms with Gasteiger partial charge in [0, 0.05) is 6.42 Å². The Hall–Kier alpha value is -0.410. The van der Waals surface area contributed by atoms with Gasteiger partial charge in [0.25, 0.3) is 0 Å². The molecule has 3 nitrogen and oxygen atoms in total. The fraction of sp³-hybridized carbons (Fsp3) is 0.909. The van der Waals surface area contributed by atoms with Gasteiger partial charge < -0.3 is 4.74 Å². The van der Waals surface area contributed by atoms with Crippen LogP contribution in [0, 0.1) is 0 Å². The molecule has 0 saturated carbocycles. The minimum Gasteiger partial charge on any atom is -0.360 e. The zero-order chi connectivity index (χ0) is 11.0. The fourth-order valence-corrected chi connectivity index (χ4v) is 1.24. The van der Waals surface area contributed by atoms with Crippen LogP contribution in [0.1, 0.15) is 47.0 Å². The molecule has 0 fully saturated rings. The lowest BCUT2D eigenvalue weighted by Crippen LogP contribution is -2.32. The molecule has 84 valence electrons. The summed E-state index contributed by atoms with van der Waals surface area (Å²) in [7, 11) is 0. The fourth-order valence-electron chi connectivity index (χ4n) is 1.24. The third kappa shape index (κ3) is 7.04. The number of carbonyl (C=O) groups excluding carboxylic acids is 1. The largest absolute Gasteiger partial charge is 0.360 e. The number of carbonyl (C=O) groups is 1. The van der Waals surface area contributed by atoms with Crippen molar-refractivity contribution in [2.75, 3.05) is 13.3 Å². The van der Waals surface area contributed by atoms with E-state index in [9.17, 15) is 4.79 Å². The summed E-state index contributed by atoms with van der Waals surface area (Å²) in [5, 5.41) is 2.98. The van der Waals surface area contributed by atoms with Gasteiger partial charge in [-0.25, -0.2) is 0 Å². The predicted octanol–water partition coefficient (Wildman–Crippen LogP) is 2.11. The molecular weight excluding hydrogens is 178 g/mol. The molecule has 0 unspecified atom stereocenters. The van der Waals surface area contributed by atoms with Gasteiger partial charge in [-0.2, -0.15) is 0 Å². The van der Waals surface area contributed by atoms with Gasteiger partial charge in [-0.1, -0.05) is 20.3 Å². The highest BCUT2D eigenvalue weighted by atomic mass is 16.5. The lowest BCUT2D eigenvalue weighted by Gasteiger charge is -2.24. The number of hydrogen-bond donors (Lipinski definition) is 1. The van der Waals surface area contributed by atoms with E-state index in [4.69, 9.17) is 4.74 Å². The van der Waals surface area contributed by atoms with Crippen LogP contribution >= 0.6 is 0 Å². The average Bonchev–Trinajstić information content (AvgIpc) is 2.12. The molecule has 0 aromatic carbocycles. The lowest BCUT2D eigenvalue weighted by molar-refractivity contribution is -0.118. The zero-order valence-electron chi connectivity index (χ0n) is 9.85. The minimum atomic E-state index is -0.0863. The van der Waals surface area contributed by atoms with Gasteiger partial charge in [0.2, 0.25) is 0 Å². The highest BCUT2D eigenvalue weighted by molar-refractivity contribution is 5.79. The molecule has 0 saturated heterocycles. The van der Waals surface area contributed by atoms with Gasteiger partial charge in [-0.3, -0.25) is 10.1 Å². The summed E-state index contributed by atoms with van der Waals surface area (Å²) in [6.07, 6.45) is 2.74. The summed E-state index contributed by atoms with van der Waals surface area (Å²) in [6.45, 7) is 9.02. The van der Waals surface area contributed by atoms with Crippen molar-refractivity contribution in [3.63, 3.8) is 0 Å². The number of nitrogens with one attached hydrogen (secondary N) is 1. The van der Waals surface area contributed by atoms with Crippen molar-refractivity contribution < 1.29 is 9.53 Å². The van der Waals surface area contributed by atoms with E-state index in [0.717, 1.165) is 12.8 Å². The molecule has 14 heavy (non-hydrogen) atoms. The quantitative estimate of drug-likeness (QED) is 0.483. The average molecular weight is 201 g/mol. The molecule has 0 amide bonds. The molecule has 0 radical (unpaired) electrons. The van der Waals surface area contributed by atoms with E-state index in [1.165, 1.54) is 0 Å². The molecule has 0 atom stereocenters. The molecule has 3 heteroatoms. The molecule has 1 N–H and O–H groups in total. The maximum atomic E-state index is 10.9. The first-order chi connectivity index (χ1) is 6.52. The van der Waals surface area contributed by atoms with Gasteiger partial charge in [0.1, 0.15) is 5.78 Å². The first kappa shape index (κ1) is 13.6. The second-order valence-corrected chi connectivity index (χ2v) is 4.12. The molecular formula is C11H23NO2. The first-order valence-electron chi connectivity index (χ1n) is 5.38. The highest BCUT2D eigenvalue weighted by Crippen LogP contribution is 2.15. The summed E-state index contributed by atoms with van der Waals surface area (Å²) in [6, 6.07) is 0.